The lowest BCUT2D eigenvalue weighted by Crippen LogP contribution is -2.31. The van der Waals surface area contributed by atoms with E-state index in [4.69, 9.17) is 16.3 Å². The first-order valence-electron chi connectivity index (χ1n) is 7.37. The van der Waals surface area contributed by atoms with Gasteiger partial charge in [0.1, 0.15) is 0 Å². The SMILES string of the molecule is COc1c(N[C@H]2CC[C@H](C(C)(C)C)CC2)ccnc1Cl. The van der Waals surface area contributed by atoms with E-state index in [1.54, 1.807) is 13.3 Å². The maximum absolute atomic E-state index is 6.05. The predicted molar refractivity (Wildman–Crippen MR) is 84.6 cm³/mol. The Hall–Kier alpha value is -0.960. The summed E-state index contributed by atoms with van der Waals surface area (Å²) in [7, 11) is 1.63. The predicted octanol–water partition coefficient (Wildman–Crippen LogP) is 4.76. The number of anilines is 1. The molecule has 1 heterocycles. The molecule has 0 spiro atoms. The van der Waals surface area contributed by atoms with Crippen LogP contribution in [0.2, 0.25) is 5.15 Å². The normalized spacial score (nSPS) is 23.4. The molecule has 0 amide bonds. The lowest BCUT2D eigenvalue weighted by atomic mass is 9.71. The summed E-state index contributed by atoms with van der Waals surface area (Å²) >= 11 is 6.05. The van der Waals surface area contributed by atoms with E-state index < -0.39 is 0 Å². The molecular formula is C16H25ClN2O. The molecular weight excluding hydrogens is 272 g/mol. The second kappa shape index (κ2) is 6.21. The maximum Gasteiger partial charge on any atom is 0.179 e. The van der Waals surface area contributed by atoms with E-state index in [9.17, 15) is 0 Å². The fourth-order valence-corrected chi connectivity index (χ4v) is 3.29. The number of halogens is 1. The van der Waals surface area contributed by atoms with Crippen molar-refractivity contribution >= 4 is 17.3 Å². The van der Waals surface area contributed by atoms with Crippen molar-refractivity contribution in [2.75, 3.05) is 12.4 Å². The second-order valence-corrected chi connectivity index (χ2v) is 7.10. The Bertz CT molecular complexity index is 448. The van der Waals surface area contributed by atoms with Crippen molar-refractivity contribution in [1.29, 1.82) is 0 Å². The fourth-order valence-electron chi connectivity index (χ4n) is 3.05. The lowest BCUT2D eigenvalue weighted by Gasteiger charge is -2.37. The number of ether oxygens (including phenoxy) is 1. The van der Waals surface area contributed by atoms with Gasteiger partial charge >= 0.3 is 0 Å². The van der Waals surface area contributed by atoms with Gasteiger partial charge in [-0.05, 0) is 43.1 Å². The molecule has 0 aromatic carbocycles. The molecule has 112 valence electrons. The zero-order valence-corrected chi connectivity index (χ0v) is 13.6. The third-order valence-electron chi connectivity index (χ3n) is 4.38. The van der Waals surface area contributed by atoms with Crippen LogP contribution in [0.25, 0.3) is 0 Å². The van der Waals surface area contributed by atoms with Crippen LogP contribution in [0.15, 0.2) is 12.3 Å². The molecule has 3 nitrogen and oxygen atoms in total. The molecule has 0 radical (unpaired) electrons. The molecule has 1 fully saturated rings. The zero-order chi connectivity index (χ0) is 14.8. The molecule has 1 aliphatic rings. The number of nitrogens with one attached hydrogen (secondary N) is 1. The minimum absolute atomic E-state index is 0.417. The topological polar surface area (TPSA) is 34.1 Å². The van der Waals surface area contributed by atoms with Crippen molar-refractivity contribution in [3.8, 4) is 5.75 Å². The van der Waals surface area contributed by atoms with Gasteiger partial charge in [-0.15, -0.1) is 0 Å². The summed E-state index contributed by atoms with van der Waals surface area (Å²) in [5.74, 6) is 1.47. The molecule has 0 saturated heterocycles. The number of hydrogen-bond acceptors (Lipinski definition) is 3. The Morgan fingerprint density at radius 2 is 1.90 bits per heavy atom. The van der Waals surface area contributed by atoms with E-state index in [0.29, 0.717) is 22.4 Å². The molecule has 4 heteroatoms. The average Bonchev–Trinajstić information content (AvgIpc) is 2.38. The average molecular weight is 297 g/mol. The van der Waals surface area contributed by atoms with Gasteiger partial charge in [0.25, 0.3) is 0 Å². The fraction of sp³-hybridized carbons (Fsp3) is 0.688. The highest BCUT2D eigenvalue weighted by Gasteiger charge is 2.29. The Morgan fingerprint density at radius 3 is 2.45 bits per heavy atom. The number of rotatable bonds is 3. The van der Waals surface area contributed by atoms with E-state index in [0.717, 1.165) is 11.6 Å². The minimum Gasteiger partial charge on any atom is -0.491 e. The number of methoxy groups -OCH3 is 1. The third kappa shape index (κ3) is 3.57. The largest absolute Gasteiger partial charge is 0.491 e. The Balaban J connectivity index is 1.98. The van der Waals surface area contributed by atoms with Gasteiger partial charge in [0.05, 0.1) is 12.8 Å². The summed E-state index contributed by atoms with van der Waals surface area (Å²) < 4.78 is 5.34. The van der Waals surface area contributed by atoms with Crippen molar-refractivity contribution in [3.05, 3.63) is 17.4 Å². The van der Waals surface area contributed by atoms with Crippen LogP contribution in [0.3, 0.4) is 0 Å². The van der Waals surface area contributed by atoms with Crippen LogP contribution < -0.4 is 10.1 Å². The Labute approximate surface area is 127 Å². The van der Waals surface area contributed by atoms with Gasteiger partial charge < -0.3 is 10.1 Å². The molecule has 0 unspecified atom stereocenters. The molecule has 0 bridgehead atoms. The van der Waals surface area contributed by atoms with E-state index in [-0.39, 0.29) is 0 Å². The summed E-state index contributed by atoms with van der Waals surface area (Å²) in [6, 6.07) is 2.43. The summed E-state index contributed by atoms with van der Waals surface area (Å²) in [6.07, 6.45) is 6.68. The van der Waals surface area contributed by atoms with Crippen LogP contribution in [0.5, 0.6) is 5.75 Å². The number of hydrogen-bond donors (Lipinski definition) is 1. The number of pyridine rings is 1. The van der Waals surface area contributed by atoms with Gasteiger partial charge in [0, 0.05) is 12.2 Å². The molecule has 1 aromatic rings. The Kier molecular flexibility index (Phi) is 4.79. The smallest absolute Gasteiger partial charge is 0.179 e. The van der Waals surface area contributed by atoms with E-state index in [2.05, 4.69) is 31.1 Å². The van der Waals surface area contributed by atoms with Gasteiger partial charge in [-0.2, -0.15) is 0 Å². The molecule has 1 aliphatic carbocycles. The first kappa shape index (κ1) is 15.4. The third-order valence-corrected chi connectivity index (χ3v) is 4.65. The van der Waals surface area contributed by atoms with E-state index >= 15 is 0 Å². The molecule has 1 aromatic heterocycles. The highest BCUT2D eigenvalue weighted by molar-refractivity contribution is 6.31. The van der Waals surface area contributed by atoms with Crippen LogP contribution in [-0.2, 0) is 0 Å². The molecule has 0 aliphatic heterocycles. The minimum atomic E-state index is 0.417. The van der Waals surface area contributed by atoms with Gasteiger partial charge in [-0.3, -0.25) is 0 Å². The van der Waals surface area contributed by atoms with Crippen LogP contribution in [0.1, 0.15) is 46.5 Å². The van der Waals surface area contributed by atoms with Crippen molar-refractivity contribution in [2.24, 2.45) is 11.3 Å². The zero-order valence-electron chi connectivity index (χ0n) is 12.9. The van der Waals surface area contributed by atoms with Gasteiger partial charge in [-0.25, -0.2) is 4.98 Å². The molecule has 20 heavy (non-hydrogen) atoms. The van der Waals surface area contributed by atoms with E-state index in [1.807, 2.05) is 6.07 Å². The quantitative estimate of drug-likeness (QED) is 0.817. The first-order chi connectivity index (χ1) is 9.41. The van der Waals surface area contributed by atoms with Crippen molar-refractivity contribution in [1.82, 2.24) is 4.98 Å². The second-order valence-electron chi connectivity index (χ2n) is 6.74. The van der Waals surface area contributed by atoms with Crippen LogP contribution in [-0.4, -0.2) is 18.1 Å². The number of aromatic nitrogens is 1. The van der Waals surface area contributed by atoms with Crippen LogP contribution >= 0.6 is 11.6 Å². The van der Waals surface area contributed by atoms with Gasteiger partial charge in [0.15, 0.2) is 10.9 Å². The van der Waals surface area contributed by atoms with Crippen molar-refractivity contribution in [3.63, 3.8) is 0 Å². The highest BCUT2D eigenvalue weighted by atomic mass is 35.5. The maximum atomic E-state index is 6.05. The first-order valence-corrected chi connectivity index (χ1v) is 7.74. The molecule has 1 saturated carbocycles. The lowest BCUT2D eigenvalue weighted by molar-refractivity contribution is 0.173. The monoisotopic (exact) mass is 296 g/mol. The van der Waals surface area contributed by atoms with Crippen LogP contribution in [0, 0.1) is 11.3 Å². The molecule has 0 atom stereocenters. The highest BCUT2D eigenvalue weighted by Crippen LogP contribution is 2.39. The standard InChI is InChI=1S/C16H25ClN2O/c1-16(2,3)11-5-7-12(8-6-11)19-13-9-10-18-15(17)14(13)20-4/h9-12H,5-8H2,1-4H3,(H,18,19)/t11-,12-. The van der Waals surface area contributed by atoms with Crippen LogP contribution in [0.4, 0.5) is 5.69 Å². The van der Waals surface area contributed by atoms with Gasteiger partial charge in [-0.1, -0.05) is 32.4 Å². The molecule has 2 rings (SSSR count). The summed E-state index contributed by atoms with van der Waals surface area (Å²) in [6.45, 7) is 7.03. The van der Waals surface area contributed by atoms with Crippen molar-refractivity contribution in [2.45, 2.75) is 52.5 Å². The summed E-state index contributed by atoms with van der Waals surface area (Å²) in [5.41, 5.74) is 1.37. The Morgan fingerprint density at radius 1 is 1.25 bits per heavy atom. The summed E-state index contributed by atoms with van der Waals surface area (Å²) in [4.78, 5) is 4.05. The van der Waals surface area contributed by atoms with Gasteiger partial charge in [0.2, 0.25) is 0 Å². The summed E-state index contributed by atoms with van der Waals surface area (Å²) in [5, 5.41) is 3.98. The van der Waals surface area contributed by atoms with E-state index in [1.165, 1.54) is 25.7 Å². The van der Waals surface area contributed by atoms with Crippen molar-refractivity contribution < 1.29 is 4.74 Å². The molecule has 1 N–H and O–H groups in total. The number of nitrogens with zero attached hydrogens (tertiary/aromatic N) is 1.